The van der Waals surface area contributed by atoms with Gasteiger partial charge in [0, 0.05) is 18.8 Å². The number of aromatic nitrogens is 1. The lowest BCUT2D eigenvalue weighted by Gasteiger charge is -2.14. The van der Waals surface area contributed by atoms with Gasteiger partial charge in [-0.2, -0.15) is 0 Å². The van der Waals surface area contributed by atoms with Gasteiger partial charge in [-0.15, -0.1) is 37.2 Å². The molecule has 0 saturated carbocycles. The lowest BCUT2D eigenvalue weighted by atomic mass is 10.2. The molecule has 1 aromatic rings. The van der Waals surface area contributed by atoms with E-state index >= 15 is 0 Å². The molecule has 0 aliphatic carbocycles. The minimum absolute atomic E-state index is 0. The fourth-order valence-corrected chi connectivity index (χ4v) is 1.27. The average Bonchev–Trinajstić information content (AvgIpc) is 2.22. The smallest absolute Gasteiger partial charge is 0.126 e. The van der Waals surface area contributed by atoms with E-state index in [1.165, 1.54) is 0 Å². The van der Waals surface area contributed by atoms with Crippen molar-refractivity contribution in [3.63, 3.8) is 0 Å². The zero-order valence-electron chi connectivity index (χ0n) is 9.77. The molecule has 3 nitrogen and oxygen atoms in total. The molecule has 7 heteroatoms. The lowest BCUT2D eigenvalue weighted by molar-refractivity contribution is 0.568. The first kappa shape index (κ1) is 22.3. The van der Waals surface area contributed by atoms with Crippen molar-refractivity contribution in [3.8, 4) is 0 Å². The summed E-state index contributed by atoms with van der Waals surface area (Å²) in [6, 6.07) is 4.19. The zero-order chi connectivity index (χ0) is 10.4. The van der Waals surface area contributed by atoms with E-state index in [0.717, 1.165) is 18.8 Å². The second-order valence-corrected chi connectivity index (χ2v) is 3.57. The van der Waals surface area contributed by atoms with E-state index in [-0.39, 0.29) is 37.2 Å². The lowest BCUT2D eigenvalue weighted by Crippen LogP contribution is -2.31. The SMILES string of the molecule is CCC(CNc1ccc(Cl)cn1)NC.Cl.Cl.Cl. The molecule has 0 radical (unpaired) electrons. The number of anilines is 1. The van der Waals surface area contributed by atoms with Crippen LogP contribution in [0.4, 0.5) is 5.82 Å². The molecule has 1 heterocycles. The molecule has 2 N–H and O–H groups in total. The molecule has 0 amide bonds. The van der Waals surface area contributed by atoms with Crippen molar-refractivity contribution in [3.05, 3.63) is 23.4 Å². The molecule has 0 spiro atoms. The number of halogens is 4. The molecule has 0 saturated heterocycles. The quantitative estimate of drug-likeness (QED) is 0.872. The van der Waals surface area contributed by atoms with Crippen LogP contribution in [0.5, 0.6) is 0 Å². The van der Waals surface area contributed by atoms with Gasteiger partial charge in [-0.05, 0) is 25.6 Å². The molecule has 0 bridgehead atoms. The first-order valence-corrected chi connectivity index (χ1v) is 5.16. The van der Waals surface area contributed by atoms with Gasteiger partial charge in [0.2, 0.25) is 0 Å². The predicted octanol–water partition coefficient (Wildman–Crippen LogP) is 3.41. The van der Waals surface area contributed by atoms with E-state index < -0.39 is 0 Å². The standard InChI is InChI=1S/C10H16ClN3.3ClH/c1-3-9(12-2)7-14-10-5-4-8(11)6-13-10;;;/h4-6,9,12H,3,7H2,1-2H3,(H,13,14);3*1H. The Morgan fingerprint density at radius 3 is 2.35 bits per heavy atom. The van der Waals surface area contributed by atoms with Crippen LogP contribution in [0.3, 0.4) is 0 Å². The summed E-state index contributed by atoms with van der Waals surface area (Å²) in [5.41, 5.74) is 0. The summed E-state index contributed by atoms with van der Waals surface area (Å²) in [6.07, 6.45) is 2.74. The highest BCUT2D eigenvalue weighted by atomic mass is 35.5. The van der Waals surface area contributed by atoms with Gasteiger partial charge in [0.1, 0.15) is 5.82 Å². The molecule has 1 atom stereocenters. The third-order valence-electron chi connectivity index (χ3n) is 2.16. The summed E-state index contributed by atoms with van der Waals surface area (Å²) in [4.78, 5) is 4.15. The third-order valence-corrected chi connectivity index (χ3v) is 2.38. The molecule has 0 aromatic carbocycles. The highest BCUT2D eigenvalue weighted by Crippen LogP contribution is 2.09. The number of hydrogen-bond donors (Lipinski definition) is 2. The molecular weight excluding hydrogens is 304 g/mol. The summed E-state index contributed by atoms with van der Waals surface area (Å²) >= 11 is 5.73. The Morgan fingerprint density at radius 2 is 1.94 bits per heavy atom. The summed E-state index contributed by atoms with van der Waals surface area (Å²) in [5, 5.41) is 7.12. The van der Waals surface area contributed by atoms with Gasteiger partial charge >= 0.3 is 0 Å². The molecule has 17 heavy (non-hydrogen) atoms. The minimum Gasteiger partial charge on any atom is -0.369 e. The Hall–Kier alpha value is 0.0700. The minimum atomic E-state index is 0. The van der Waals surface area contributed by atoms with Gasteiger partial charge in [-0.25, -0.2) is 4.98 Å². The van der Waals surface area contributed by atoms with Crippen LogP contribution in [0.1, 0.15) is 13.3 Å². The Bertz CT molecular complexity index is 265. The maximum absolute atomic E-state index is 5.73. The van der Waals surface area contributed by atoms with Crippen LogP contribution in [0, 0.1) is 0 Å². The van der Waals surface area contributed by atoms with Gasteiger partial charge < -0.3 is 10.6 Å². The summed E-state index contributed by atoms with van der Waals surface area (Å²) < 4.78 is 0. The van der Waals surface area contributed by atoms with Crippen molar-refractivity contribution in [2.24, 2.45) is 0 Å². The van der Waals surface area contributed by atoms with E-state index in [0.29, 0.717) is 11.1 Å². The van der Waals surface area contributed by atoms with Crippen LogP contribution in [0.15, 0.2) is 18.3 Å². The molecule has 0 aliphatic heterocycles. The summed E-state index contributed by atoms with van der Waals surface area (Å²) in [5.74, 6) is 0.864. The maximum atomic E-state index is 5.73. The van der Waals surface area contributed by atoms with Crippen molar-refractivity contribution in [1.82, 2.24) is 10.3 Å². The fourth-order valence-electron chi connectivity index (χ4n) is 1.16. The van der Waals surface area contributed by atoms with Crippen LogP contribution in [-0.2, 0) is 0 Å². The predicted molar refractivity (Wildman–Crippen MR) is 82.6 cm³/mol. The van der Waals surface area contributed by atoms with E-state index in [1.54, 1.807) is 6.20 Å². The topological polar surface area (TPSA) is 37.0 Å². The molecule has 1 aromatic heterocycles. The Labute approximate surface area is 126 Å². The second kappa shape index (κ2) is 12.5. The van der Waals surface area contributed by atoms with E-state index in [9.17, 15) is 0 Å². The van der Waals surface area contributed by atoms with Crippen LogP contribution in [-0.4, -0.2) is 24.6 Å². The Morgan fingerprint density at radius 1 is 1.29 bits per heavy atom. The monoisotopic (exact) mass is 321 g/mol. The zero-order valence-corrected chi connectivity index (χ0v) is 13.0. The van der Waals surface area contributed by atoms with Crippen molar-refractivity contribution < 1.29 is 0 Å². The maximum Gasteiger partial charge on any atom is 0.126 e. The van der Waals surface area contributed by atoms with Crippen LogP contribution < -0.4 is 10.6 Å². The first-order chi connectivity index (χ1) is 6.76. The Balaban J connectivity index is -0.000000653. The number of nitrogens with one attached hydrogen (secondary N) is 2. The van der Waals surface area contributed by atoms with Crippen LogP contribution in [0.2, 0.25) is 5.02 Å². The van der Waals surface area contributed by atoms with Crippen molar-refractivity contribution >= 4 is 54.6 Å². The van der Waals surface area contributed by atoms with E-state index in [2.05, 4.69) is 22.5 Å². The number of likely N-dealkylation sites (N-methyl/N-ethyl adjacent to an activating group) is 1. The van der Waals surface area contributed by atoms with Crippen molar-refractivity contribution in [2.45, 2.75) is 19.4 Å². The van der Waals surface area contributed by atoms with E-state index in [4.69, 9.17) is 11.6 Å². The normalized spacial score (nSPS) is 10.3. The van der Waals surface area contributed by atoms with E-state index in [1.807, 2.05) is 19.2 Å². The molecule has 1 unspecified atom stereocenters. The largest absolute Gasteiger partial charge is 0.369 e. The van der Waals surface area contributed by atoms with Gasteiger partial charge in [-0.1, -0.05) is 18.5 Å². The van der Waals surface area contributed by atoms with Gasteiger partial charge in [0.15, 0.2) is 0 Å². The molecule has 0 fully saturated rings. The first-order valence-electron chi connectivity index (χ1n) is 4.79. The van der Waals surface area contributed by atoms with Crippen LogP contribution >= 0.6 is 48.8 Å². The molecule has 102 valence electrons. The number of hydrogen-bond acceptors (Lipinski definition) is 3. The second-order valence-electron chi connectivity index (χ2n) is 3.14. The third kappa shape index (κ3) is 8.75. The van der Waals surface area contributed by atoms with Crippen molar-refractivity contribution in [2.75, 3.05) is 18.9 Å². The fraction of sp³-hybridized carbons (Fsp3) is 0.500. The van der Waals surface area contributed by atoms with Gasteiger partial charge in [0.05, 0.1) is 5.02 Å². The summed E-state index contributed by atoms with van der Waals surface area (Å²) in [7, 11) is 1.96. The molecule has 1 rings (SSSR count). The highest BCUT2D eigenvalue weighted by molar-refractivity contribution is 6.30. The number of nitrogens with zero attached hydrogens (tertiary/aromatic N) is 1. The molecule has 0 aliphatic rings. The van der Waals surface area contributed by atoms with Crippen molar-refractivity contribution in [1.29, 1.82) is 0 Å². The molecular formula is C10H19Cl4N3. The average molecular weight is 323 g/mol. The van der Waals surface area contributed by atoms with Crippen LogP contribution in [0.25, 0.3) is 0 Å². The number of pyridine rings is 1. The Kier molecular flexibility index (Phi) is 16.4. The van der Waals surface area contributed by atoms with Gasteiger partial charge in [-0.3, -0.25) is 0 Å². The van der Waals surface area contributed by atoms with Gasteiger partial charge in [0.25, 0.3) is 0 Å². The number of rotatable bonds is 5. The highest BCUT2D eigenvalue weighted by Gasteiger charge is 2.02. The summed E-state index contributed by atoms with van der Waals surface area (Å²) in [6.45, 7) is 3.03.